The van der Waals surface area contributed by atoms with Gasteiger partial charge in [0.15, 0.2) is 5.78 Å². The van der Waals surface area contributed by atoms with Crippen molar-refractivity contribution in [1.29, 1.82) is 0 Å². The van der Waals surface area contributed by atoms with Crippen molar-refractivity contribution in [3.63, 3.8) is 0 Å². The summed E-state index contributed by atoms with van der Waals surface area (Å²) < 4.78 is 0. The van der Waals surface area contributed by atoms with Crippen LogP contribution in [0.4, 0.5) is 0 Å². The Labute approximate surface area is 97.1 Å². The van der Waals surface area contributed by atoms with Crippen LogP contribution in [-0.4, -0.2) is 36.2 Å². The molecule has 0 N–H and O–H groups in total. The lowest BCUT2D eigenvalue weighted by Gasteiger charge is -2.12. The van der Waals surface area contributed by atoms with E-state index in [2.05, 4.69) is 20.8 Å². The third-order valence-electron chi connectivity index (χ3n) is 1.88. The molecule has 2 nitrogen and oxygen atoms in total. The van der Waals surface area contributed by atoms with Gasteiger partial charge in [0.2, 0.25) is 0 Å². The number of Topliss-reactive ketones (excluding diaryl/α,β-unsaturated/α-hetero) is 1. The van der Waals surface area contributed by atoms with Gasteiger partial charge in [-0.25, -0.2) is 0 Å². The fraction of sp³-hybridized carbons (Fsp3) is 0.500. The van der Waals surface area contributed by atoms with E-state index in [1.165, 1.54) is 11.3 Å². The van der Waals surface area contributed by atoms with E-state index in [1.807, 2.05) is 31.6 Å². The molecule has 1 atom stereocenters. The molecular formula is C10H14BrNOS. The van der Waals surface area contributed by atoms with Crippen LogP contribution in [0.25, 0.3) is 0 Å². The summed E-state index contributed by atoms with van der Waals surface area (Å²) in [6.07, 6.45) is 0.851. The van der Waals surface area contributed by atoms with Gasteiger partial charge in [0.05, 0.1) is 9.70 Å². The Balaban J connectivity index is 2.45. The molecule has 0 saturated heterocycles. The maximum Gasteiger partial charge on any atom is 0.186 e. The summed E-state index contributed by atoms with van der Waals surface area (Å²) in [5, 5.41) is 1.93. The van der Waals surface area contributed by atoms with Crippen LogP contribution in [-0.2, 0) is 0 Å². The first-order valence-corrected chi connectivity index (χ1v) is 6.27. The van der Waals surface area contributed by atoms with Gasteiger partial charge in [-0.3, -0.25) is 4.79 Å². The minimum absolute atomic E-state index is 0.0523. The molecule has 1 unspecified atom stereocenters. The minimum Gasteiger partial charge on any atom is -0.309 e. The van der Waals surface area contributed by atoms with Crippen LogP contribution in [0, 0.1) is 0 Å². The first-order valence-electron chi connectivity index (χ1n) is 4.48. The molecule has 0 aromatic carbocycles. The maximum absolute atomic E-state index is 11.8. The Hall–Kier alpha value is -0.190. The first kappa shape index (κ1) is 11.9. The average Bonchev–Trinajstić information content (AvgIpc) is 2.65. The number of nitrogens with zero attached hydrogens (tertiary/aromatic N) is 1. The lowest BCUT2D eigenvalue weighted by atomic mass is 10.2. The second-order valence-corrected chi connectivity index (χ2v) is 5.45. The summed E-state index contributed by atoms with van der Waals surface area (Å²) >= 11 is 4.92. The van der Waals surface area contributed by atoms with Gasteiger partial charge in [-0.1, -0.05) is 22.0 Å². The van der Waals surface area contributed by atoms with Crippen LogP contribution in [0.1, 0.15) is 16.1 Å². The fourth-order valence-corrected chi connectivity index (χ4v) is 2.40. The molecule has 1 aromatic heterocycles. The number of hydrogen-bond donors (Lipinski definition) is 0. The molecular weight excluding hydrogens is 262 g/mol. The highest BCUT2D eigenvalue weighted by molar-refractivity contribution is 9.10. The Kier molecular flexibility index (Phi) is 4.78. The van der Waals surface area contributed by atoms with Crippen LogP contribution in [0.2, 0.25) is 0 Å². The van der Waals surface area contributed by atoms with Crippen molar-refractivity contribution < 1.29 is 4.79 Å². The van der Waals surface area contributed by atoms with Gasteiger partial charge >= 0.3 is 0 Å². The van der Waals surface area contributed by atoms with E-state index < -0.39 is 0 Å². The molecule has 0 aliphatic rings. The second-order valence-electron chi connectivity index (χ2n) is 3.40. The van der Waals surface area contributed by atoms with Crippen molar-refractivity contribution in [1.82, 2.24) is 4.90 Å². The highest BCUT2D eigenvalue weighted by Gasteiger charge is 2.17. The topological polar surface area (TPSA) is 20.3 Å². The third-order valence-corrected chi connectivity index (χ3v) is 3.64. The normalized spacial score (nSPS) is 13.1. The Morgan fingerprint density at radius 3 is 2.86 bits per heavy atom. The van der Waals surface area contributed by atoms with E-state index in [0.717, 1.165) is 17.8 Å². The van der Waals surface area contributed by atoms with Crippen molar-refractivity contribution in [2.24, 2.45) is 0 Å². The largest absolute Gasteiger partial charge is 0.309 e. The predicted molar refractivity (Wildman–Crippen MR) is 64.5 cm³/mol. The molecule has 0 aliphatic carbocycles. The van der Waals surface area contributed by atoms with Crippen molar-refractivity contribution in [2.75, 3.05) is 20.6 Å². The lowest BCUT2D eigenvalue weighted by molar-refractivity contribution is 0.0990. The summed E-state index contributed by atoms with van der Waals surface area (Å²) in [4.78, 5) is 14.6. The minimum atomic E-state index is -0.0523. The van der Waals surface area contributed by atoms with Gasteiger partial charge in [-0.2, -0.15) is 0 Å². The van der Waals surface area contributed by atoms with Crippen molar-refractivity contribution >= 4 is 33.0 Å². The number of ketones is 1. The summed E-state index contributed by atoms with van der Waals surface area (Å²) in [5.41, 5.74) is 0. The van der Waals surface area contributed by atoms with Gasteiger partial charge in [-0.15, -0.1) is 11.3 Å². The van der Waals surface area contributed by atoms with Crippen LogP contribution < -0.4 is 0 Å². The average molecular weight is 276 g/mol. The van der Waals surface area contributed by atoms with Crippen molar-refractivity contribution in [3.8, 4) is 0 Å². The van der Waals surface area contributed by atoms with E-state index >= 15 is 0 Å². The number of carbonyl (C=O) groups is 1. The van der Waals surface area contributed by atoms with E-state index in [0.29, 0.717) is 0 Å². The van der Waals surface area contributed by atoms with E-state index in [4.69, 9.17) is 0 Å². The smallest absolute Gasteiger partial charge is 0.186 e. The summed E-state index contributed by atoms with van der Waals surface area (Å²) in [5.74, 6) is 0.196. The Bertz CT molecular complexity index is 284. The number of thiophene rings is 1. The molecule has 4 heteroatoms. The summed E-state index contributed by atoms with van der Waals surface area (Å²) in [6.45, 7) is 0.924. The van der Waals surface area contributed by atoms with E-state index in [-0.39, 0.29) is 10.6 Å². The molecule has 0 radical (unpaired) electrons. The molecule has 1 aromatic rings. The zero-order valence-corrected chi connectivity index (χ0v) is 10.8. The van der Waals surface area contributed by atoms with Crippen LogP contribution in [0.3, 0.4) is 0 Å². The number of hydrogen-bond acceptors (Lipinski definition) is 3. The number of alkyl halides is 1. The molecule has 0 bridgehead atoms. The summed E-state index contributed by atoms with van der Waals surface area (Å²) in [6, 6.07) is 3.78. The molecule has 0 spiro atoms. The number of carbonyl (C=O) groups excluding carboxylic acids is 1. The van der Waals surface area contributed by atoms with Gasteiger partial charge < -0.3 is 4.90 Å². The molecule has 0 saturated carbocycles. The molecule has 14 heavy (non-hydrogen) atoms. The molecule has 0 amide bonds. The molecule has 1 rings (SSSR count). The summed E-state index contributed by atoms with van der Waals surface area (Å²) in [7, 11) is 4.02. The predicted octanol–water partition coefficient (Wildman–Crippen LogP) is 2.65. The maximum atomic E-state index is 11.8. The van der Waals surface area contributed by atoms with Gasteiger partial charge in [-0.05, 0) is 38.5 Å². The van der Waals surface area contributed by atoms with Crippen molar-refractivity contribution in [3.05, 3.63) is 22.4 Å². The number of halogens is 1. The van der Waals surface area contributed by atoms with Crippen LogP contribution in [0.5, 0.6) is 0 Å². The van der Waals surface area contributed by atoms with Crippen molar-refractivity contribution in [2.45, 2.75) is 11.2 Å². The first-order chi connectivity index (χ1) is 6.61. The zero-order valence-electron chi connectivity index (χ0n) is 8.37. The molecule has 78 valence electrons. The highest BCUT2D eigenvalue weighted by atomic mass is 79.9. The van der Waals surface area contributed by atoms with Gasteiger partial charge in [0.25, 0.3) is 0 Å². The zero-order chi connectivity index (χ0) is 10.6. The van der Waals surface area contributed by atoms with E-state index in [9.17, 15) is 4.79 Å². The SMILES string of the molecule is CN(C)CCC(Br)C(=O)c1cccs1. The van der Waals surface area contributed by atoms with Crippen LogP contribution >= 0.6 is 27.3 Å². The molecule has 0 aliphatic heterocycles. The Morgan fingerprint density at radius 2 is 2.36 bits per heavy atom. The fourth-order valence-electron chi connectivity index (χ4n) is 1.08. The second kappa shape index (κ2) is 5.63. The third kappa shape index (κ3) is 3.52. The standard InChI is InChI=1S/C10H14BrNOS/c1-12(2)6-5-8(11)10(13)9-4-3-7-14-9/h3-4,7-8H,5-6H2,1-2H3. The monoisotopic (exact) mass is 275 g/mol. The highest BCUT2D eigenvalue weighted by Crippen LogP contribution is 2.17. The quantitative estimate of drug-likeness (QED) is 0.608. The van der Waals surface area contributed by atoms with E-state index in [1.54, 1.807) is 0 Å². The van der Waals surface area contributed by atoms with Crippen LogP contribution in [0.15, 0.2) is 17.5 Å². The van der Waals surface area contributed by atoms with Gasteiger partial charge in [0, 0.05) is 0 Å². The van der Waals surface area contributed by atoms with Gasteiger partial charge in [0.1, 0.15) is 0 Å². The lowest BCUT2D eigenvalue weighted by Crippen LogP contribution is -2.21. The Morgan fingerprint density at radius 1 is 1.64 bits per heavy atom. The molecule has 1 heterocycles. The molecule has 0 fully saturated rings. The number of rotatable bonds is 5.